The molecule has 0 spiro atoms. The summed E-state index contributed by atoms with van der Waals surface area (Å²) in [7, 11) is 3.31. The third kappa shape index (κ3) is 4.49. The molecular formula is C21H21FN2O4. The zero-order valence-electron chi connectivity index (χ0n) is 15.9. The van der Waals surface area contributed by atoms with E-state index in [9.17, 15) is 9.18 Å². The second-order valence-corrected chi connectivity index (χ2v) is 6.24. The van der Waals surface area contributed by atoms with Gasteiger partial charge in [-0.25, -0.2) is 9.37 Å². The van der Waals surface area contributed by atoms with Gasteiger partial charge in [0, 0.05) is 13.1 Å². The first kappa shape index (κ1) is 19.4. The number of hydrogen-bond acceptors (Lipinski definition) is 5. The van der Waals surface area contributed by atoms with Gasteiger partial charge < -0.3 is 18.8 Å². The normalized spacial score (nSPS) is 11.7. The van der Waals surface area contributed by atoms with Crippen molar-refractivity contribution in [1.82, 2.24) is 9.88 Å². The summed E-state index contributed by atoms with van der Waals surface area (Å²) >= 11 is 0. The first-order valence-electron chi connectivity index (χ1n) is 8.72. The molecule has 0 saturated carbocycles. The van der Waals surface area contributed by atoms with Crippen molar-refractivity contribution in [1.29, 1.82) is 0 Å². The highest BCUT2D eigenvalue weighted by molar-refractivity contribution is 5.92. The molecule has 0 aliphatic carbocycles. The van der Waals surface area contributed by atoms with Crippen LogP contribution in [-0.2, 0) is 6.61 Å². The maximum atomic E-state index is 13.2. The van der Waals surface area contributed by atoms with Crippen molar-refractivity contribution in [2.75, 3.05) is 14.2 Å². The highest BCUT2D eigenvalue weighted by Gasteiger charge is 2.22. The van der Waals surface area contributed by atoms with Crippen LogP contribution in [0.4, 0.5) is 4.39 Å². The van der Waals surface area contributed by atoms with Gasteiger partial charge in [-0.15, -0.1) is 0 Å². The number of hydrogen-bond donors (Lipinski definition) is 0. The molecule has 3 aromatic rings. The van der Waals surface area contributed by atoms with Gasteiger partial charge in [-0.2, -0.15) is 0 Å². The Morgan fingerprint density at radius 1 is 1.21 bits per heavy atom. The van der Waals surface area contributed by atoms with Crippen LogP contribution in [0, 0.1) is 5.82 Å². The molecule has 1 heterocycles. The Hall–Kier alpha value is -3.35. The van der Waals surface area contributed by atoms with Gasteiger partial charge in [-0.05, 0) is 36.8 Å². The molecular weight excluding hydrogens is 363 g/mol. The minimum absolute atomic E-state index is 0.00548. The third-order valence-electron chi connectivity index (χ3n) is 4.43. The lowest BCUT2D eigenvalue weighted by Crippen LogP contribution is -2.30. The van der Waals surface area contributed by atoms with E-state index in [4.69, 9.17) is 13.9 Å². The Kier molecular flexibility index (Phi) is 5.93. The summed E-state index contributed by atoms with van der Waals surface area (Å²) in [6.07, 6.45) is 1.30. The average Bonchev–Trinajstić information content (AvgIpc) is 3.20. The summed E-state index contributed by atoms with van der Waals surface area (Å²) in [6, 6.07) is 13.1. The van der Waals surface area contributed by atoms with Gasteiger partial charge in [0.15, 0.2) is 12.3 Å². The Morgan fingerprint density at radius 3 is 2.64 bits per heavy atom. The number of carbonyl (C=O) groups is 1. The largest absolute Gasteiger partial charge is 0.497 e. The van der Waals surface area contributed by atoms with Crippen LogP contribution < -0.4 is 9.47 Å². The summed E-state index contributed by atoms with van der Waals surface area (Å²) in [6.45, 7) is 1.92. The van der Waals surface area contributed by atoms with E-state index in [1.165, 1.54) is 18.4 Å². The number of amides is 1. The number of nitrogens with zero attached hydrogens (tertiary/aromatic N) is 2. The van der Waals surface area contributed by atoms with E-state index in [1.807, 2.05) is 31.2 Å². The highest BCUT2D eigenvalue weighted by Crippen LogP contribution is 2.23. The number of benzene rings is 2. The van der Waals surface area contributed by atoms with Crippen LogP contribution in [0.2, 0.25) is 0 Å². The second-order valence-electron chi connectivity index (χ2n) is 6.24. The fourth-order valence-corrected chi connectivity index (χ4v) is 2.64. The zero-order valence-corrected chi connectivity index (χ0v) is 15.9. The minimum Gasteiger partial charge on any atom is -0.497 e. The molecule has 0 bridgehead atoms. The van der Waals surface area contributed by atoms with Gasteiger partial charge in [-0.1, -0.05) is 18.2 Å². The Morgan fingerprint density at radius 2 is 1.96 bits per heavy atom. The molecule has 28 heavy (non-hydrogen) atoms. The van der Waals surface area contributed by atoms with Gasteiger partial charge >= 0.3 is 0 Å². The van der Waals surface area contributed by atoms with Crippen LogP contribution in [-0.4, -0.2) is 29.9 Å². The molecule has 2 aromatic carbocycles. The molecule has 0 N–H and O–H groups in total. The summed E-state index contributed by atoms with van der Waals surface area (Å²) in [5, 5.41) is 0. The standard InChI is InChI=1S/C21H21FN2O4/c1-14(15-7-9-17(26-3)10-8-15)24(2)21(25)19-12-28-20(23-19)13-27-18-6-4-5-16(22)11-18/h4-12,14H,13H2,1-3H3/t14-/m1/s1. The predicted octanol–water partition coefficient (Wildman–Crippen LogP) is 4.23. The number of carbonyl (C=O) groups excluding carboxylic acids is 1. The number of oxazole rings is 1. The van der Waals surface area contributed by atoms with Gasteiger partial charge in [-0.3, -0.25) is 4.79 Å². The number of methoxy groups -OCH3 is 1. The molecule has 6 nitrogen and oxygen atoms in total. The minimum atomic E-state index is -0.394. The average molecular weight is 384 g/mol. The lowest BCUT2D eigenvalue weighted by atomic mass is 10.1. The number of rotatable bonds is 7. The van der Waals surface area contributed by atoms with Crippen molar-refractivity contribution in [3.63, 3.8) is 0 Å². The van der Waals surface area contributed by atoms with Crippen LogP contribution in [0.15, 0.2) is 59.2 Å². The molecule has 1 atom stereocenters. The molecule has 0 aliphatic rings. The fourth-order valence-electron chi connectivity index (χ4n) is 2.64. The first-order chi connectivity index (χ1) is 13.5. The fraction of sp³-hybridized carbons (Fsp3) is 0.238. The Bertz CT molecular complexity index is 940. The topological polar surface area (TPSA) is 64.8 Å². The van der Waals surface area contributed by atoms with Gasteiger partial charge in [0.1, 0.15) is 23.6 Å². The summed E-state index contributed by atoms with van der Waals surface area (Å²) in [4.78, 5) is 18.5. The smallest absolute Gasteiger partial charge is 0.276 e. The maximum Gasteiger partial charge on any atom is 0.276 e. The molecule has 146 valence electrons. The van der Waals surface area contributed by atoms with Crippen molar-refractivity contribution in [2.45, 2.75) is 19.6 Å². The molecule has 1 aromatic heterocycles. The lowest BCUT2D eigenvalue weighted by molar-refractivity contribution is 0.0736. The van der Waals surface area contributed by atoms with Crippen LogP contribution in [0.5, 0.6) is 11.5 Å². The summed E-state index contributed by atoms with van der Waals surface area (Å²) < 4.78 is 29.1. The zero-order chi connectivity index (χ0) is 20.1. The quantitative estimate of drug-likeness (QED) is 0.610. The molecule has 0 unspecified atom stereocenters. The van der Waals surface area contributed by atoms with Gasteiger partial charge in [0.2, 0.25) is 5.89 Å². The Labute approximate surface area is 162 Å². The predicted molar refractivity (Wildman–Crippen MR) is 101 cm³/mol. The number of ether oxygens (including phenoxy) is 2. The van der Waals surface area contributed by atoms with Crippen molar-refractivity contribution in [2.24, 2.45) is 0 Å². The molecule has 0 radical (unpaired) electrons. The molecule has 7 heteroatoms. The van der Waals surface area contributed by atoms with Crippen molar-refractivity contribution in [3.8, 4) is 11.5 Å². The van der Waals surface area contributed by atoms with E-state index in [1.54, 1.807) is 31.2 Å². The summed E-state index contributed by atoms with van der Waals surface area (Å²) in [5.41, 5.74) is 1.15. The summed E-state index contributed by atoms with van der Waals surface area (Å²) in [5.74, 6) is 0.679. The Balaban J connectivity index is 1.63. The van der Waals surface area contributed by atoms with Crippen LogP contribution in [0.25, 0.3) is 0 Å². The van der Waals surface area contributed by atoms with Crippen molar-refractivity contribution >= 4 is 5.91 Å². The molecule has 0 fully saturated rings. The molecule has 1 amide bonds. The van der Waals surface area contributed by atoms with Crippen LogP contribution in [0.1, 0.15) is 34.9 Å². The molecule has 0 aliphatic heterocycles. The first-order valence-corrected chi connectivity index (χ1v) is 8.72. The number of aromatic nitrogens is 1. The molecule has 0 saturated heterocycles. The van der Waals surface area contributed by atoms with Crippen molar-refractivity contribution < 1.29 is 23.1 Å². The van der Waals surface area contributed by atoms with Gasteiger partial charge in [0.25, 0.3) is 5.91 Å². The van der Waals surface area contributed by atoms with E-state index in [0.29, 0.717) is 5.75 Å². The SMILES string of the molecule is COc1ccc([C@@H](C)N(C)C(=O)c2coc(COc3cccc(F)c3)n2)cc1. The second kappa shape index (κ2) is 8.56. The van der Waals surface area contributed by atoms with Crippen LogP contribution >= 0.6 is 0 Å². The lowest BCUT2D eigenvalue weighted by Gasteiger charge is -2.24. The number of halogens is 1. The van der Waals surface area contributed by atoms with Crippen LogP contribution in [0.3, 0.4) is 0 Å². The third-order valence-corrected chi connectivity index (χ3v) is 4.43. The van der Waals surface area contributed by atoms with E-state index in [0.717, 1.165) is 11.3 Å². The van der Waals surface area contributed by atoms with E-state index in [-0.39, 0.29) is 30.1 Å². The van der Waals surface area contributed by atoms with Gasteiger partial charge in [0.05, 0.1) is 13.2 Å². The monoisotopic (exact) mass is 384 g/mol. The van der Waals surface area contributed by atoms with Crippen molar-refractivity contribution in [3.05, 3.63) is 77.8 Å². The van der Waals surface area contributed by atoms with E-state index >= 15 is 0 Å². The van der Waals surface area contributed by atoms with E-state index in [2.05, 4.69) is 4.98 Å². The maximum absolute atomic E-state index is 13.2. The highest BCUT2D eigenvalue weighted by atomic mass is 19.1. The molecule has 3 rings (SSSR count). The van der Waals surface area contributed by atoms with E-state index < -0.39 is 5.82 Å².